The monoisotopic (exact) mass is 541 g/mol. The molecule has 0 unspecified atom stereocenters. The van der Waals surface area contributed by atoms with E-state index in [0.717, 1.165) is 28.5 Å². The quantitative estimate of drug-likeness (QED) is 0.506. The van der Waals surface area contributed by atoms with Crippen LogP contribution in [-0.4, -0.2) is 38.9 Å². The molecule has 1 aromatic carbocycles. The molecule has 2 amide bonds. The maximum atomic E-state index is 14.2. The van der Waals surface area contributed by atoms with Crippen molar-refractivity contribution < 1.29 is 18.4 Å². The van der Waals surface area contributed by atoms with Crippen LogP contribution in [-0.2, 0) is 33.5 Å². The van der Waals surface area contributed by atoms with Gasteiger partial charge in [0.2, 0.25) is 5.91 Å². The second-order valence-corrected chi connectivity index (χ2v) is 11.9. The molecule has 0 radical (unpaired) electrons. The van der Waals surface area contributed by atoms with Crippen LogP contribution in [0.25, 0.3) is 6.08 Å². The second kappa shape index (κ2) is 8.87. The third kappa shape index (κ3) is 4.03. The summed E-state index contributed by atoms with van der Waals surface area (Å²) in [6.45, 7) is 7.52. The normalized spacial score (nSPS) is 23.6. The highest BCUT2D eigenvalue weighted by molar-refractivity contribution is 6.42. The fraction of sp³-hybridized carbons (Fsp3) is 0.323. The van der Waals surface area contributed by atoms with Gasteiger partial charge >= 0.3 is 0 Å². The first-order valence-electron chi connectivity index (χ1n) is 13.2. The Kier molecular flexibility index (Phi) is 5.76. The van der Waals surface area contributed by atoms with Crippen LogP contribution in [0, 0.1) is 17.0 Å². The lowest BCUT2D eigenvalue weighted by atomic mass is 9.80. The molecule has 0 bridgehead atoms. The molecule has 1 aliphatic carbocycles. The number of carbonyl (C=O) groups excluding carboxylic acids is 2. The van der Waals surface area contributed by atoms with Gasteiger partial charge in [-0.15, -0.1) is 0 Å². The number of hydrogen-bond acceptors (Lipinski definition) is 5. The number of nitrogens with one attached hydrogen (secondary N) is 1. The topological polar surface area (TPSA) is 87.6 Å². The van der Waals surface area contributed by atoms with Crippen molar-refractivity contribution in [2.24, 2.45) is 10.4 Å². The number of anilines is 1. The summed E-state index contributed by atoms with van der Waals surface area (Å²) < 4.78 is 28.3. The minimum Gasteiger partial charge on any atom is -0.310 e. The number of amides is 2. The van der Waals surface area contributed by atoms with E-state index in [1.54, 1.807) is 19.3 Å². The number of fused-ring (bicyclic) bond motifs is 3. The van der Waals surface area contributed by atoms with Crippen molar-refractivity contribution in [1.82, 2.24) is 14.9 Å². The van der Waals surface area contributed by atoms with Crippen LogP contribution in [0.4, 0.5) is 14.6 Å². The maximum absolute atomic E-state index is 14.2. The number of rotatable bonds is 4. The first-order chi connectivity index (χ1) is 18.9. The minimum atomic E-state index is -1.27. The number of halogens is 2. The number of hydrogen-bond donors (Lipinski definition) is 1. The largest absolute Gasteiger partial charge is 0.310 e. The fourth-order valence-electron chi connectivity index (χ4n) is 5.97. The van der Waals surface area contributed by atoms with Crippen LogP contribution < -0.4 is 5.32 Å². The Balaban J connectivity index is 1.27. The SMILES string of the molecule is CC(C)(C)C1=N[C@@](C)(c2cc(F)cc(F)c2)N(C/C=C/c2cnc3c(c2)C[C@@]2(C3)C(=O)Nc3ncccc32)C1=O. The van der Waals surface area contributed by atoms with Crippen LogP contribution in [0.2, 0.25) is 0 Å². The van der Waals surface area contributed by atoms with Gasteiger partial charge in [-0.3, -0.25) is 19.6 Å². The average molecular weight is 542 g/mol. The molecule has 6 rings (SSSR count). The molecule has 2 aromatic heterocycles. The van der Waals surface area contributed by atoms with Gasteiger partial charge in [0.05, 0.1) is 5.41 Å². The lowest BCUT2D eigenvalue weighted by molar-refractivity contribution is -0.127. The van der Waals surface area contributed by atoms with Crippen molar-refractivity contribution in [3.63, 3.8) is 0 Å². The second-order valence-electron chi connectivity index (χ2n) is 11.9. The van der Waals surface area contributed by atoms with Crippen LogP contribution in [0.15, 0.2) is 59.9 Å². The van der Waals surface area contributed by atoms with Crippen molar-refractivity contribution in [2.75, 3.05) is 11.9 Å². The Bertz CT molecular complexity index is 1620. The molecule has 0 saturated heterocycles. The summed E-state index contributed by atoms with van der Waals surface area (Å²) in [4.78, 5) is 41.7. The van der Waals surface area contributed by atoms with Gasteiger partial charge in [-0.1, -0.05) is 39.0 Å². The van der Waals surface area contributed by atoms with Gasteiger partial charge in [-0.05, 0) is 48.7 Å². The van der Waals surface area contributed by atoms with Crippen LogP contribution in [0.1, 0.15) is 55.6 Å². The number of aliphatic imine (C=N–C) groups is 1. The maximum Gasteiger partial charge on any atom is 0.270 e. The Morgan fingerprint density at radius 1 is 1.07 bits per heavy atom. The highest BCUT2D eigenvalue weighted by atomic mass is 19.1. The van der Waals surface area contributed by atoms with Crippen molar-refractivity contribution >= 4 is 29.4 Å². The molecule has 2 atom stereocenters. The standard InChI is InChI=1S/C31H29F2N5O2/c1-29(2,3)25-27(39)38(30(4,37-25)20-12-21(32)14-22(33)13-20)10-6-7-18-11-19-15-31(16-24(19)35-17-18)23-8-5-9-34-26(23)36-28(31)40/h5-9,11-14,17H,10,15-16H2,1-4H3,(H,34,36,40)/b7-6+/t30-,31+/m1/s1. The summed E-state index contributed by atoms with van der Waals surface area (Å²) in [6.07, 6.45) is 8.12. The third-order valence-electron chi connectivity index (χ3n) is 8.05. The van der Waals surface area contributed by atoms with Gasteiger partial charge in [-0.2, -0.15) is 0 Å². The van der Waals surface area contributed by atoms with E-state index in [4.69, 9.17) is 4.99 Å². The summed E-state index contributed by atoms with van der Waals surface area (Å²) in [5.41, 5.74) is 1.67. The molecule has 0 saturated carbocycles. The summed E-state index contributed by atoms with van der Waals surface area (Å²) in [7, 11) is 0. The smallest absolute Gasteiger partial charge is 0.270 e. The molecular weight excluding hydrogens is 512 g/mol. The Morgan fingerprint density at radius 2 is 1.82 bits per heavy atom. The first kappa shape index (κ1) is 26.0. The molecule has 4 heterocycles. The Morgan fingerprint density at radius 3 is 2.55 bits per heavy atom. The van der Waals surface area contributed by atoms with E-state index in [0.29, 0.717) is 24.4 Å². The van der Waals surface area contributed by atoms with E-state index < -0.39 is 28.1 Å². The lowest BCUT2D eigenvalue weighted by Gasteiger charge is -2.33. The molecule has 40 heavy (non-hydrogen) atoms. The zero-order chi connectivity index (χ0) is 28.4. The predicted octanol–water partition coefficient (Wildman–Crippen LogP) is 4.96. The van der Waals surface area contributed by atoms with E-state index in [9.17, 15) is 18.4 Å². The molecule has 2 aliphatic heterocycles. The predicted molar refractivity (Wildman–Crippen MR) is 148 cm³/mol. The number of nitrogens with zero attached hydrogens (tertiary/aromatic N) is 4. The van der Waals surface area contributed by atoms with Crippen molar-refractivity contribution in [3.8, 4) is 0 Å². The Hall–Kier alpha value is -4.27. The zero-order valence-electron chi connectivity index (χ0n) is 22.8. The fourth-order valence-corrected chi connectivity index (χ4v) is 5.97. The van der Waals surface area contributed by atoms with E-state index in [-0.39, 0.29) is 23.9 Å². The van der Waals surface area contributed by atoms with E-state index in [1.807, 2.05) is 51.1 Å². The zero-order valence-corrected chi connectivity index (χ0v) is 22.8. The Labute approximate surface area is 231 Å². The molecule has 7 nitrogen and oxygen atoms in total. The molecule has 204 valence electrons. The lowest BCUT2D eigenvalue weighted by Crippen LogP contribution is -2.44. The number of benzene rings is 1. The van der Waals surface area contributed by atoms with Gasteiger partial charge < -0.3 is 10.2 Å². The summed E-state index contributed by atoms with van der Waals surface area (Å²) in [6, 6.07) is 9.03. The third-order valence-corrected chi connectivity index (χ3v) is 8.05. The van der Waals surface area contributed by atoms with Crippen molar-refractivity contribution in [2.45, 2.75) is 51.6 Å². The van der Waals surface area contributed by atoms with Crippen molar-refractivity contribution in [3.05, 3.63) is 94.5 Å². The number of carbonyl (C=O) groups is 2. The van der Waals surface area contributed by atoms with Crippen LogP contribution in [0.3, 0.4) is 0 Å². The van der Waals surface area contributed by atoms with Gasteiger partial charge in [0, 0.05) is 53.7 Å². The first-order valence-corrected chi connectivity index (χ1v) is 13.2. The molecule has 9 heteroatoms. The number of pyridine rings is 2. The molecular formula is C31H29F2N5O2. The van der Waals surface area contributed by atoms with E-state index in [1.165, 1.54) is 17.0 Å². The van der Waals surface area contributed by atoms with Gasteiger partial charge in [0.15, 0.2) is 5.66 Å². The molecule has 1 N–H and O–H groups in total. The van der Waals surface area contributed by atoms with Gasteiger partial charge in [0.25, 0.3) is 5.91 Å². The minimum absolute atomic E-state index is 0.0634. The molecule has 3 aromatic rings. The van der Waals surface area contributed by atoms with Crippen LogP contribution >= 0.6 is 0 Å². The summed E-state index contributed by atoms with van der Waals surface area (Å²) in [5.74, 6) is -1.19. The number of aromatic nitrogens is 2. The summed E-state index contributed by atoms with van der Waals surface area (Å²) in [5, 5.41) is 2.90. The van der Waals surface area contributed by atoms with Crippen molar-refractivity contribution in [1.29, 1.82) is 0 Å². The van der Waals surface area contributed by atoms with E-state index in [2.05, 4.69) is 15.3 Å². The molecule has 0 fully saturated rings. The van der Waals surface area contributed by atoms with Gasteiger partial charge in [-0.25, -0.2) is 13.8 Å². The summed E-state index contributed by atoms with van der Waals surface area (Å²) >= 11 is 0. The molecule has 3 aliphatic rings. The molecule has 1 spiro atoms. The average Bonchev–Trinajstić information content (AvgIpc) is 3.49. The highest BCUT2D eigenvalue weighted by Gasteiger charge is 2.52. The highest BCUT2D eigenvalue weighted by Crippen LogP contribution is 2.46. The van der Waals surface area contributed by atoms with E-state index >= 15 is 0 Å². The van der Waals surface area contributed by atoms with Gasteiger partial charge in [0.1, 0.15) is 23.2 Å². The van der Waals surface area contributed by atoms with Crippen LogP contribution in [0.5, 0.6) is 0 Å².